The van der Waals surface area contributed by atoms with Gasteiger partial charge < -0.3 is 34.2 Å². The summed E-state index contributed by atoms with van der Waals surface area (Å²) in [5.41, 5.74) is 0. The summed E-state index contributed by atoms with van der Waals surface area (Å²) in [6, 6.07) is 0. The predicted octanol–water partition coefficient (Wildman–Crippen LogP) is 0.234. The van der Waals surface area contributed by atoms with Crippen molar-refractivity contribution in [3.8, 4) is 0 Å². The molecule has 202 valence electrons. The minimum atomic E-state index is -5.76. The first kappa shape index (κ1) is 33.3. The summed E-state index contributed by atoms with van der Waals surface area (Å²) in [7, 11) is -15.0. The average molecular weight is 559 g/mol. The normalized spacial score (nSPS) is 15.6. The van der Waals surface area contributed by atoms with E-state index in [9.17, 15) is 28.4 Å². The maximum Gasteiger partial charge on any atom is 0.474 e. The molecule has 0 fully saturated rings. The molecule has 0 heterocycles. The molecule has 0 aromatic heterocycles. The Kier molecular flexibility index (Phi) is 13.8. The highest BCUT2D eigenvalue weighted by atomic mass is 31.2. The van der Waals surface area contributed by atoms with Crippen LogP contribution < -0.4 is 5.32 Å². The summed E-state index contributed by atoms with van der Waals surface area (Å²) in [5, 5.41) is 7.37. The van der Waals surface area contributed by atoms with Crippen LogP contribution in [-0.4, -0.2) is 81.4 Å². The van der Waals surface area contributed by atoms with Crippen molar-refractivity contribution < 1.29 is 71.0 Å². The molecular weight excluding hydrogens is 527 g/mol. The summed E-state index contributed by atoms with van der Waals surface area (Å²) in [6.45, 7) is 2.48. The highest BCUT2D eigenvalue weighted by molar-refractivity contribution is 7.71. The standard InChI is InChI=1S/C15H32NO15P3/c1-5-13(17)28-9-12(31-14(18)8-11(2)3)10-30-34(26,27-4)29-7-6-16-15(19,32(20,21)22)33(23,24)25/h11-12,16,19H,5-10H2,1-4H3,(H2,20,21,22)(H2,23,24,25). The Hall–Kier alpha value is -0.730. The molecule has 0 saturated heterocycles. The minimum Gasteiger partial charge on any atom is -0.462 e. The second-order valence-corrected chi connectivity index (χ2v) is 12.8. The van der Waals surface area contributed by atoms with E-state index in [1.165, 1.54) is 0 Å². The molecule has 0 radical (unpaired) electrons. The van der Waals surface area contributed by atoms with E-state index in [1.807, 2.05) is 0 Å². The van der Waals surface area contributed by atoms with Crippen LogP contribution in [0.2, 0.25) is 0 Å². The van der Waals surface area contributed by atoms with Gasteiger partial charge in [0.25, 0.3) is 0 Å². The van der Waals surface area contributed by atoms with Gasteiger partial charge in [-0.2, -0.15) is 0 Å². The van der Waals surface area contributed by atoms with Crippen molar-refractivity contribution in [2.75, 3.05) is 33.5 Å². The first-order valence-electron chi connectivity index (χ1n) is 9.79. The Morgan fingerprint density at radius 3 is 1.97 bits per heavy atom. The van der Waals surface area contributed by atoms with E-state index in [0.717, 1.165) is 7.11 Å². The van der Waals surface area contributed by atoms with Crippen molar-refractivity contribution >= 4 is 35.0 Å². The molecule has 0 aromatic rings. The number of aliphatic hydroxyl groups is 1. The molecule has 0 saturated carbocycles. The third kappa shape index (κ3) is 11.3. The third-order valence-corrected chi connectivity index (χ3v) is 8.68. The molecule has 0 rings (SSSR count). The number of hydrogen-bond acceptors (Lipinski definition) is 12. The number of hydrogen-bond donors (Lipinski definition) is 6. The SMILES string of the molecule is CCC(=O)OCC(COP(=O)(OC)OCCNC(O)(P(=O)(O)O)P(=O)(O)O)OC(=O)CC(C)C. The lowest BCUT2D eigenvalue weighted by Crippen LogP contribution is -2.45. The number of rotatable bonds is 17. The lowest BCUT2D eigenvalue weighted by molar-refractivity contribution is -0.161. The number of ether oxygens (including phenoxy) is 2. The van der Waals surface area contributed by atoms with Crippen LogP contribution in [0, 0.1) is 5.92 Å². The lowest BCUT2D eigenvalue weighted by Gasteiger charge is -2.30. The number of phosphoric ester groups is 1. The second kappa shape index (κ2) is 14.1. The Morgan fingerprint density at radius 2 is 1.53 bits per heavy atom. The first-order valence-corrected chi connectivity index (χ1v) is 14.5. The van der Waals surface area contributed by atoms with E-state index < -0.39 is 72.6 Å². The van der Waals surface area contributed by atoms with Gasteiger partial charge >= 0.3 is 40.2 Å². The van der Waals surface area contributed by atoms with E-state index in [-0.39, 0.29) is 18.8 Å². The van der Waals surface area contributed by atoms with E-state index in [1.54, 1.807) is 26.1 Å². The van der Waals surface area contributed by atoms with Gasteiger partial charge in [-0.05, 0) is 5.92 Å². The van der Waals surface area contributed by atoms with E-state index in [2.05, 4.69) is 4.52 Å². The van der Waals surface area contributed by atoms with Crippen LogP contribution in [0.4, 0.5) is 0 Å². The smallest absolute Gasteiger partial charge is 0.462 e. The molecule has 0 aliphatic carbocycles. The topological polar surface area (TPSA) is 245 Å². The summed E-state index contributed by atoms with van der Waals surface area (Å²) in [6.07, 6.45) is -1.08. The number of nitrogens with one attached hydrogen (secondary N) is 1. The van der Waals surface area contributed by atoms with Gasteiger partial charge in [0.15, 0.2) is 6.10 Å². The molecule has 0 aliphatic rings. The summed E-state index contributed by atoms with van der Waals surface area (Å²) in [5.74, 6) is -1.26. The zero-order chi connectivity index (χ0) is 26.8. The van der Waals surface area contributed by atoms with Gasteiger partial charge in [0, 0.05) is 26.5 Å². The third-order valence-electron chi connectivity index (χ3n) is 3.76. The first-order chi connectivity index (χ1) is 15.4. The largest absolute Gasteiger partial charge is 0.474 e. The molecule has 6 N–H and O–H groups in total. The van der Waals surface area contributed by atoms with Crippen LogP contribution in [0.25, 0.3) is 0 Å². The van der Waals surface area contributed by atoms with Gasteiger partial charge in [0.05, 0.1) is 13.2 Å². The lowest BCUT2D eigenvalue weighted by atomic mass is 10.1. The maximum absolute atomic E-state index is 12.6. The van der Waals surface area contributed by atoms with Crippen LogP contribution in [0.1, 0.15) is 33.6 Å². The summed E-state index contributed by atoms with van der Waals surface area (Å²) < 4.78 is 59.7. The minimum absolute atomic E-state index is 0.0342. The van der Waals surface area contributed by atoms with Crippen molar-refractivity contribution in [2.45, 2.75) is 44.9 Å². The van der Waals surface area contributed by atoms with Gasteiger partial charge in [-0.15, -0.1) is 0 Å². The average Bonchev–Trinajstić information content (AvgIpc) is 2.70. The molecule has 19 heteroatoms. The van der Waals surface area contributed by atoms with Crippen LogP contribution in [0.3, 0.4) is 0 Å². The highest BCUT2D eigenvalue weighted by Crippen LogP contribution is 2.65. The van der Waals surface area contributed by atoms with Gasteiger partial charge in [0.2, 0.25) is 0 Å². The summed E-state index contributed by atoms with van der Waals surface area (Å²) >= 11 is 0. The van der Waals surface area contributed by atoms with Gasteiger partial charge in [0.1, 0.15) is 6.61 Å². The zero-order valence-corrected chi connectivity index (χ0v) is 21.7. The Bertz CT molecular complexity index is 785. The van der Waals surface area contributed by atoms with E-state index in [0.29, 0.717) is 0 Å². The molecule has 0 aliphatic heterocycles. The van der Waals surface area contributed by atoms with Gasteiger partial charge in [-0.1, -0.05) is 20.8 Å². The van der Waals surface area contributed by atoms with Gasteiger partial charge in [-0.25, -0.2) is 4.57 Å². The fourth-order valence-electron chi connectivity index (χ4n) is 2.04. The quantitative estimate of drug-likeness (QED) is 0.0604. The van der Waals surface area contributed by atoms with Crippen molar-refractivity contribution in [1.82, 2.24) is 5.32 Å². The molecule has 2 atom stereocenters. The van der Waals surface area contributed by atoms with E-state index >= 15 is 0 Å². The molecule has 0 bridgehead atoms. The van der Waals surface area contributed by atoms with Crippen molar-refractivity contribution in [3.05, 3.63) is 0 Å². The highest BCUT2D eigenvalue weighted by Gasteiger charge is 2.59. The number of phosphoric acid groups is 1. The fourth-order valence-corrected chi connectivity index (χ4v) is 4.98. The van der Waals surface area contributed by atoms with Crippen molar-refractivity contribution in [1.29, 1.82) is 0 Å². The Morgan fingerprint density at radius 1 is 0.971 bits per heavy atom. The number of carbonyl (C=O) groups excluding carboxylic acids is 2. The molecule has 34 heavy (non-hydrogen) atoms. The van der Waals surface area contributed by atoms with Crippen molar-refractivity contribution in [2.24, 2.45) is 5.92 Å². The second-order valence-electron chi connectivity index (χ2n) is 7.16. The zero-order valence-electron chi connectivity index (χ0n) is 19.1. The molecule has 0 spiro atoms. The van der Waals surface area contributed by atoms with Crippen LogP contribution >= 0.6 is 23.0 Å². The molecule has 2 unspecified atom stereocenters. The Balaban J connectivity index is 5.08. The summed E-state index contributed by atoms with van der Waals surface area (Å²) in [4.78, 5) is 59.5. The fraction of sp³-hybridized carbons (Fsp3) is 0.867. The predicted molar refractivity (Wildman–Crippen MR) is 114 cm³/mol. The van der Waals surface area contributed by atoms with Crippen molar-refractivity contribution in [3.63, 3.8) is 0 Å². The molecule has 0 amide bonds. The molecule has 0 aromatic carbocycles. The van der Waals surface area contributed by atoms with Crippen LogP contribution in [0.5, 0.6) is 0 Å². The Labute approximate surface area is 196 Å². The van der Waals surface area contributed by atoms with Crippen LogP contribution in [-0.2, 0) is 46.3 Å². The van der Waals surface area contributed by atoms with Crippen LogP contribution in [0.15, 0.2) is 0 Å². The maximum atomic E-state index is 12.6. The molecular formula is C15H32NO15P3. The van der Waals surface area contributed by atoms with E-state index in [4.69, 9.17) is 38.1 Å². The number of carbonyl (C=O) groups is 2. The number of esters is 2. The monoisotopic (exact) mass is 559 g/mol. The van der Waals surface area contributed by atoms with Gasteiger partial charge in [-0.3, -0.25) is 37.6 Å². The molecule has 16 nitrogen and oxygen atoms in total.